The molecule has 0 aliphatic heterocycles. The van der Waals surface area contributed by atoms with Gasteiger partial charge in [0.1, 0.15) is 0 Å². The first-order chi connectivity index (χ1) is 18.7. The Balaban J connectivity index is 1.62. The molecule has 0 radical (unpaired) electrons. The Kier molecular flexibility index (Phi) is 6.81. The molecule has 0 unspecified atom stereocenters. The number of hydrogen-bond acceptors (Lipinski definition) is 1. The van der Waals surface area contributed by atoms with Crippen LogP contribution in [0.25, 0.3) is 37.8 Å². The highest BCUT2D eigenvalue weighted by molar-refractivity contribution is 7.00. The number of ether oxygens (including phenoxy) is 1. The van der Waals surface area contributed by atoms with E-state index in [-0.39, 0.29) is 6.71 Å². The van der Waals surface area contributed by atoms with Crippen LogP contribution in [0.1, 0.15) is 18.9 Å². The molecule has 0 N–H and O–H groups in total. The first-order valence-electron chi connectivity index (χ1n) is 13.4. The SMILES string of the molecule is COCC/C(C)=C(\B(c1ccc2ccccc2c1)c1ccc2ccccc2c1)c1ccc2ccccc2c1. The first-order valence-corrected chi connectivity index (χ1v) is 13.4. The molecule has 0 amide bonds. The van der Waals surface area contributed by atoms with E-state index in [9.17, 15) is 0 Å². The second kappa shape index (κ2) is 10.7. The van der Waals surface area contributed by atoms with Gasteiger partial charge < -0.3 is 4.74 Å². The standard InChI is InChI=1S/C36H31BO/c1-26(21-22-38-2)36(33-16-15-27-9-3-6-12-30(27)23-33)37(34-19-17-28-10-4-7-13-31(28)24-34)35-20-18-29-11-5-8-14-32(29)25-35/h3-20,23-25H,21-22H2,1-2H3/b36-26-. The fraction of sp³-hybridized carbons (Fsp3) is 0.111. The van der Waals surface area contributed by atoms with Gasteiger partial charge in [0.2, 0.25) is 6.71 Å². The molecule has 0 aromatic heterocycles. The van der Waals surface area contributed by atoms with E-state index < -0.39 is 0 Å². The molecule has 0 aliphatic carbocycles. The minimum absolute atomic E-state index is 0.0854. The molecule has 1 nitrogen and oxygen atoms in total. The lowest BCUT2D eigenvalue weighted by Crippen LogP contribution is -2.44. The van der Waals surface area contributed by atoms with Crippen LogP contribution in [0.4, 0.5) is 0 Å². The summed E-state index contributed by atoms with van der Waals surface area (Å²) in [5, 5.41) is 7.59. The monoisotopic (exact) mass is 490 g/mol. The summed E-state index contributed by atoms with van der Waals surface area (Å²) in [6.07, 6.45) is 0.885. The molecule has 184 valence electrons. The van der Waals surface area contributed by atoms with Crippen molar-refractivity contribution >= 4 is 55.4 Å². The maximum absolute atomic E-state index is 5.54. The Morgan fingerprint density at radius 1 is 0.553 bits per heavy atom. The molecular formula is C36H31BO. The third-order valence-corrected chi connectivity index (χ3v) is 7.70. The number of fused-ring (bicyclic) bond motifs is 3. The Morgan fingerprint density at radius 3 is 1.50 bits per heavy atom. The molecule has 0 saturated heterocycles. The molecule has 0 saturated carbocycles. The Bertz CT molecular complexity index is 1700. The van der Waals surface area contributed by atoms with Crippen molar-refractivity contribution in [3.63, 3.8) is 0 Å². The summed E-state index contributed by atoms with van der Waals surface area (Å²) in [5.74, 6) is 0. The van der Waals surface area contributed by atoms with Crippen LogP contribution in [0.3, 0.4) is 0 Å². The Hall–Kier alpha value is -4.14. The molecule has 0 bridgehead atoms. The van der Waals surface area contributed by atoms with E-state index in [1.54, 1.807) is 7.11 Å². The number of hydrogen-bond donors (Lipinski definition) is 0. The van der Waals surface area contributed by atoms with Gasteiger partial charge >= 0.3 is 0 Å². The van der Waals surface area contributed by atoms with E-state index in [1.165, 1.54) is 59.9 Å². The van der Waals surface area contributed by atoms with Crippen molar-refractivity contribution in [2.75, 3.05) is 13.7 Å². The van der Waals surface area contributed by atoms with Gasteiger partial charge in [-0.3, -0.25) is 0 Å². The van der Waals surface area contributed by atoms with Crippen molar-refractivity contribution in [2.45, 2.75) is 13.3 Å². The minimum atomic E-state index is 0.0854. The lowest BCUT2D eigenvalue weighted by atomic mass is 9.34. The fourth-order valence-corrected chi connectivity index (χ4v) is 5.71. The summed E-state index contributed by atoms with van der Waals surface area (Å²) in [4.78, 5) is 0. The summed E-state index contributed by atoms with van der Waals surface area (Å²) in [6.45, 7) is 3.06. The van der Waals surface area contributed by atoms with Crippen LogP contribution in [-0.4, -0.2) is 20.4 Å². The Labute approximate surface area is 225 Å². The van der Waals surface area contributed by atoms with Crippen LogP contribution < -0.4 is 10.9 Å². The van der Waals surface area contributed by atoms with Crippen molar-refractivity contribution in [3.8, 4) is 0 Å². The minimum Gasteiger partial charge on any atom is -0.384 e. The normalized spacial score (nSPS) is 12.2. The van der Waals surface area contributed by atoms with Crippen LogP contribution >= 0.6 is 0 Å². The van der Waals surface area contributed by atoms with Gasteiger partial charge in [-0.25, -0.2) is 0 Å². The van der Waals surface area contributed by atoms with E-state index in [0.717, 1.165) is 6.42 Å². The molecule has 0 aliphatic rings. The highest BCUT2D eigenvalue weighted by Crippen LogP contribution is 2.28. The van der Waals surface area contributed by atoms with Crippen molar-refractivity contribution in [2.24, 2.45) is 0 Å². The second-order valence-corrected chi connectivity index (χ2v) is 10.1. The fourth-order valence-electron chi connectivity index (χ4n) is 5.71. The van der Waals surface area contributed by atoms with Crippen LogP contribution in [0, 0.1) is 0 Å². The van der Waals surface area contributed by atoms with E-state index in [1.807, 2.05) is 0 Å². The van der Waals surface area contributed by atoms with Gasteiger partial charge in [0.15, 0.2) is 0 Å². The number of benzene rings is 6. The van der Waals surface area contributed by atoms with E-state index >= 15 is 0 Å². The highest BCUT2D eigenvalue weighted by atomic mass is 16.5. The van der Waals surface area contributed by atoms with Gasteiger partial charge in [0.05, 0.1) is 0 Å². The quantitative estimate of drug-likeness (QED) is 0.208. The first kappa shape index (κ1) is 24.2. The summed E-state index contributed by atoms with van der Waals surface area (Å²) in [5.41, 5.74) is 6.59. The molecular weight excluding hydrogens is 459 g/mol. The van der Waals surface area contributed by atoms with E-state index in [4.69, 9.17) is 4.74 Å². The van der Waals surface area contributed by atoms with Gasteiger partial charge in [0, 0.05) is 13.7 Å². The zero-order valence-electron chi connectivity index (χ0n) is 22.0. The molecule has 0 fully saturated rings. The van der Waals surface area contributed by atoms with Gasteiger partial charge in [-0.05, 0) is 57.3 Å². The van der Waals surface area contributed by atoms with Crippen LogP contribution in [0.2, 0.25) is 0 Å². The summed E-state index contributed by atoms with van der Waals surface area (Å²) < 4.78 is 5.54. The summed E-state index contributed by atoms with van der Waals surface area (Å²) in [6, 6.07) is 46.7. The number of methoxy groups -OCH3 is 1. The molecule has 38 heavy (non-hydrogen) atoms. The zero-order chi connectivity index (χ0) is 25.9. The topological polar surface area (TPSA) is 9.23 Å². The Morgan fingerprint density at radius 2 is 1.00 bits per heavy atom. The predicted octanol–water partition coefficient (Wildman–Crippen LogP) is 7.80. The number of rotatable bonds is 7. The predicted molar refractivity (Wildman–Crippen MR) is 166 cm³/mol. The zero-order valence-corrected chi connectivity index (χ0v) is 22.0. The van der Waals surface area contributed by atoms with Crippen molar-refractivity contribution in [3.05, 3.63) is 139 Å². The van der Waals surface area contributed by atoms with Crippen LogP contribution in [0.15, 0.2) is 133 Å². The molecule has 2 heteroatoms. The van der Waals surface area contributed by atoms with E-state index in [2.05, 4.69) is 134 Å². The average Bonchev–Trinajstić information content (AvgIpc) is 2.98. The van der Waals surface area contributed by atoms with Crippen molar-refractivity contribution in [1.29, 1.82) is 0 Å². The van der Waals surface area contributed by atoms with Gasteiger partial charge in [-0.1, -0.05) is 143 Å². The third kappa shape index (κ3) is 4.76. The largest absolute Gasteiger partial charge is 0.384 e. The van der Waals surface area contributed by atoms with Crippen LogP contribution in [-0.2, 0) is 4.74 Å². The maximum atomic E-state index is 5.54. The van der Waals surface area contributed by atoms with Crippen molar-refractivity contribution < 1.29 is 4.74 Å². The van der Waals surface area contributed by atoms with Gasteiger partial charge in [-0.2, -0.15) is 0 Å². The lowest BCUT2D eigenvalue weighted by Gasteiger charge is -2.24. The highest BCUT2D eigenvalue weighted by Gasteiger charge is 2.27. The maximum Gasteiger partial charge on any atom is 0.241 e. The average molecular weight is 490 g/mol. The van der Waals surface area contributed by atoms with Crippen LogP contribution in [0.5, 0.6) is 0 Å². The van der Waals surface area contributed by atoms with Crippen molar-refractivity contribution in [1.82, 2.24) is 0 Å². The summed E-state index contributed by atoms with van der Waals surface area (Å²) in [7, 11) is 1.78. The molecule has 6 aromatic rings. The molecule has 0 spiro atoms. The molecule has 6 aromatic carbocycles. The molecule has 0 heterocycles. The lowest BCUT2D eigenvalue weighted by molar-refractivity contribution is 0.202. The van der Waals surface area contributed by atoms with Gasteiger partial charge in [-0.15, -0.1) is 0 Å². The van der Waals surface area contributed by atoms with Gasteiger partial charge in [0.25, 0.3) is 0 Å². The van der Waals surface area contributed by atoms with E-state index in [0.29, 0.717) is 6.61 Å². The third-order valence-electron chi connectivity index (χ3n) is 7.70. The smallest absolute Gasteiger partial charge is 0.241 e. The summed E-state index contributed by atoms with van der Waals surface area (Å²) >= 11 is 0. The molecule has 0 atom stereocenters. The molecule has 6 rings (SSSR count). The second-order valence-electron chi connectivity index (χ2n) is 10.1.